The van der Waals surface area contributed by atoms with Gasteiger partial charge in [-0.2, -0.15) is 0 Å². The normalized spacial score (nSPS) is 10.6. The fourth-order valence-electron chi connectivity index (χ4n) is 1.56. The molecule has 0 saturated carbocycles. The quantitative estimate of drug-likeness (QED) is 0.715. The summed E-state index contributed by atoms with van der Waals surface area (Å²) in [7, 11) is 0. The first-order valence-corrected chi connectivity index (χ1v) is 4.27. The zero-order valence-electron chi connectivity index (χ0n) is 7.49. The molecule has 2 rings (SSSR count). The Kier molecular flexibility index (Phi) is 1.99. The lowest BCUT2D eigenvalue weighted by molar-refractivity contribution is 0.283. The summed E-state index contributed by atoms with van der Waals surface area (Å²) in [4.78, 5) is 4.20. The van der Waals surface area contributed by atoms with Gasteiger partial charge in [0.2, 0.25) is 0 Å². The number of aromatic nitrogens is 1. The van der Waals surface area contributed by atoms with E-state index in [1.165, 1.54) is 0 Å². The second-order valence-corrected chi connectivity index (χ2v) is 3.07. The predicted octanol–water partition coefficient (Wildman–Crippen LogP) is 2.04. The van der Waals surface area contributed by atoms with E-state index in [-0.39, 0.29) is 6.61 Å². The van der Waals surface area contributed by atoms with Crippen molar-refractivity contribution >= 4 is 10.8 Å². The Labute approximate surface area is 76.9 Å². The number of rotatable bonds is 1. The van der Waals surface area contributed by atoms with Crippen molar-refractivity contribution in [2.45, 2.75) is 13.5 Å². The number of hydrogen-bond acceptors (Lipinski definition) is 2. The second kappa shape index (κ2) is 3.15. The van der Waals surface area contributed by atoms with Gasteiger partial charge in [-0.25, -0.2) is 0 Å². The molecular weight excluding hydrogens is 162 g/mol. The lowest BCUT2D eigenvalue weighted by Gasteiger charge is -2.04. The van der Waals surface area contributed by atoms with Crippen molar-refractivity contribution in [3.8, 4) is 0 Å². The maximum absolute atomic E-state index is 9.11. The Morgan fingerprint density at radius 2 is 2.08 bits per heavy atom. The van der Waals surface area contributed by atoms with Gasteiger partial charge in [0.25, 0.3) is 0 Å². The summed E-state index contributed by atoms with van der Waals surface area (Å²) >= 11 is 0. The van der Waals surface area contributed by atoms with Gasteiger partial charge in [0.05, 0.1) is 6.61 Å². The highest BCUT2D eigenvalue weighted by Crippen LogP contribution is 2.19. The molecule has 0 spiro atoms. The van der Waals surface area contributed by atoms with Gasteiger partial charge in [-0.05, 0) is 23.9 Å². The predicted molar refractivity (Wildman–Crippen MR) is 52.4 cm³/mol. The van der Waals surface area contributed by atoms with Crippen molar-refractivity contribution in [2.75, 3.05) is 0 Å². The highest BCUT2D eigenvalue weighted by atomic mass is 16.3. The number of aryl methyl sites for hydroxylation is 1. The summed E-state index contributed by atoms with van der Waals surface area (Å²) in [6.45, 7) is 2.06. The van der Waals surface area contributed by atoms with Crippen LogP contribution in [0.1, 0.15) is 11.3 Å². The molecule has 13 heavy (non-hydrogen) atoms. The lowest BCUT2D eigenvalue weighted by atomic mass is 10.1. The average Bonchev–Trinajstić information content (AvgIpc) is 2.18. The van der Waals surface area contributed by atoms with Crippen LogP contribution >= 0.6 is 0 Å². The highest BCUT2D eigenvalue weighted by Gasteiger charge is 2.00. The van der Waals surface area contributed by atoms with Crippen LogP contribution in [0.15, 0.2) is 30.5 Å². The van der Waals surface area contributed by atoms with Gasteiger partial charge in [0.1, 0.15) is 0 Å². The number of nitrogens with zero attached hydrogens (tertiary/aromatic N) is 1. The molecule has 1 aromatic heterocycles. The molecule has 1 aromatic carbocycles. The van der Waals surface area contributed by atoms with Crippen LogP contribution in [-0.4, -0.2) is 10.1 Å². The summed E-state index contributed by atoms with van der Waals surface area (Å²) in [5, 5.41) is 11.3. The van der Waals surface area contributed by atoms with Crippen molar-refractivity contribution in [1.29, 1.82) is 0 Å². The zero-order chi connectivity index (χ0) is 9.26. The van der Waals surface area contributed by atoms with Crippen LogP contribution < -0.4 is 0 Å². The maximum Gasteiger partial charge on any atom is 0.0687 e. The van der Waals surface area contributed by atoms with Crippen LogP contribution in [0.25, 0.3) is 10.8 Å². The van der Waals surface area contributed by atoms with E-state index in [2.05, 4.69) is 4.98 Å². The van der Waals surface area contributed by atoms with E-state index >= 15 is 0 Å². The summed E-state index contributed by atoms with van der Waals surface area (Å²) in [5.74, 6) is 0. The van der Waals surface area contributed by atoms with Crippen LogP contribution in [0.3, 0.4) is 0 Å². The molecule has 1 N–H and O–H groups in total. The van der Waals surface area contributed by atoms with Crippen LogP contribution in [0, 0.1) is 6.92 Å². The molecule has 2 heteroatoms. The van der Waals surface area contributed by atoms with Crippen molar-refractivity contribution in [2.24, 2.45) is 0 Å². The number of hydrogen-bond donors (Lipinski definition) is 1. The minimum absolute atomic E-state index is 0.0841. The highest BCUT2D eigenvalue weighted by molar-refractivity contribution is 5.87. The van der Waals surface area contributed by atoms with Gasteiger partial charge in [-0.1, -0.05) is 18.2 Å². The van der Waals surface area contributed by atoms with Crippen LogP contribution in [0.2, 0.25) is 0 Å². The number of aliphatic hydroxyl groups is 1. The monoisotopic (exact) mass is 173 g/mol. The summed E-state index contributed by atoms with van der Waals surface area (Å²) in [6, 6.07) is 7.84. The molecule has 2 nitrogen and oxygen atoms in total. The van der Waals surface area contributed by atoms with Gasteiger partial charge in [-0.15, -0.1) is 0 Å². The van der Waals surface area contributed by atoms with Crippen molar-refractivity contribution in [1.82, 2.24) is 4.98 Å². The third-order valence-corrected chi connectivity index (χ3v) is 2.27. The molecule has 0 bridgehead atoms. The van der Waals surface area contributed by atoms with E-state index in [0.29, 0.717) is 0 Å². The van der Waals surface area contributed by atoms with Crippen LogP contribution in [-0.2, 0) is 6.61 Å². The minimum Gasteiger partial charge on any atom is -0.392 e. The van der Waals surface area contributed by atoms with Crippen molar-refractivity contribution in [3.05, 3.63) is 41.7 Å². The Morgan fingerprint density at radius 3 is 2.85 bits per heavy atom. The van der Waals surface area contributed by atoms with Crippen molar-refractivity contribution < 1.29 is 5.11 Å². The maximum atomic E-state index is 9.11. The number of pyridine rings is 1. The minimum atomic E-state index is 0.0841. The van der Waals surface area contributed by atoms with Gasteiger partial charge in [-0.3, -0.25) is 4.98 Å². The van der Waals surface area contributed by atoms with Crippen LogP contribution in [0.4, 0.5) is 0 Å². The molecule has 1 heterocycles. The topological polar surface area (TPSA) is 33.1 Å². The van der Waals surface area contributed by atoms with Gasteiger partial charge in [0.15, 0.2) is 0 Å². The first kappa shape index (κ1) is 8.20. The first-order chi connectivity index (χ1) is 6.33. The number of fused-ring (bicyclic) bond motifs is 1. The number of benzene rings is 1. The van der Waals surface area contributed by atoms with E-state index in [0.717, 1.165) is 22.0 Å². The molecule has 0 unspecified atom stereocenters. The molecule has 2 aromatic rings. The molecule has 0 radical (unpaired) electrons. The molecule has 0 amide bonds. The second-order valence-electron chi connectivity index (χ2n) is 3.07. The van der Waals surface area contributed by atoms with E-state index < -0.39 is 0 Å². The molecule has 0 saturated heterocycles. The molecular formula is C11H11NO. The first-order valence-electron chi connectivity index (χ1n) is 4.27. The summed E-state index contributed by atoms with van der Waals surface area (Å²) < 4.78 is 0. The average molecular weight is 173 g/mol. The standard InChI is InChI=1S/C11H11NO/c1-8-10-4-2-3-9(7-13)11(10)5-6-12-8/h2-6,13H,7H2,1H3. The fraction of sp³-hybridized carbons (Fsp3) is 0.182. The molecule has 0 aliphatic heterocycles. The van der Waals surface area contributed by atoms with Crippen LogP contribution in [0.5, 0.6) is 0 Å². The summed E-state index contributed by atoms with van der Waals surface area (Å²) in [5.41, 5.74) is 1.97. The smallest absolute Gasteiger partial charge is 0.0687 e. The fourth-order valence-corrected chi connectivity index (χ4v) is 1.56. The molecule has 66 valence electrons. The third kappa shape index (κ3) is 1.29. The van der Waals surface area contributed by atoms with Gasteiger partial charge in [0, 0.05) is 17.3 Å². The number of aliphatic hydroxyl groups excluding tert-OH is 1. The lowest BCUT2D eigenvalue weighted by Crippen LogP contribution is -1.88. The van der Waals surface area contributed by atoms with Crippen molar-refractivity contribution in [3.63, 3.8) is 0 Å². The van der Waals surface area contributed by atoms with E-state index in [1.54, 1.807) is 6.20 Å². The van der Waals surface area contributed by atoms with Gasteiger partial charge < -0.3 is 5.11 Å². The Bertz CT molecular complexity index is 437. The Morgan fingerprint density at radius 1 is 1.23 bits per heavy atom. The van der Waals surface area contributed by atoms with Gasteiger partial charge >= 0.3 is 0 Å². The third-order valence-electron chi connectivity index (χ3n) is 2.27. The largest absolute Gasteiger partial charge is 0.392 e. The SMILES string of the molecule is Cc1nccc2c(CO)cccc12. The summed E-state index contributed by atoms with van der Waals surface area (Å²) in [6.07, 6.45) is 1.77. The molecule has 0 atom stereocenters. The molecule has 0 fully saturated rings. The van der Waals surface area contributed by atoms with E-state index in [9.17, 15) is 0 Å². The Balaban J connectivity index is 2.84. The molecule has 0 aliphatic carbocycles. The molecule has 0 aliphatic rings. The van der Waals surface area contributed by atoms with E-state index in [1.807, 2.05) is 31.2 Å². The zero-order valence-corrected chi connectivity index (χ0v) is 7.49. The Hall–Kier alpha value is -1.41. The van der Waals surface area contributed by atoms with E-state index in [4.69, 9.17) is 5.11 Å².